The third kappa shape index (κ3) is 2.41. The maximum Gasteiger partial charge on any atom is 0.279 e. The first-order valence-corrected chi connectivity index (χ1v) is 9.18. The minimum atomic E-state index is -0.248. The van der Waals surface area contributed by atoms with E-state index in [1.807, 2.05) is 0 Å². The summed E-state index contributed by atoms with van der Waals surface area (Å²) in [5, 5.41) is 4.78. The molecule has 2 aromatic heterocycles. The van der Waals surface area contributed by atoms with Crippen LogP contribution in [0.4, 0.5) is 10.1 Å². The molecule has 1 aromatic carbocycles. The lowest BCUT2D eigenvalue weighted by atomic mass is 10.1. The molecule has 3 heterocycles. The Morgan fingerprint density at radius 2 is 1.85 bits per heavy atom. The number of hydrogen-bond donors (Lipinski definition) is 0. The van der Waals surface area contributed by atoms with Gasteiger partial charge in [0.25, 0.3) is 5.56 Å². The van der Waals surface area contributed by atoms with Gasteiger partial charge in [0, 0.05) is 24.7 Å². The van der Waals surface area contributed by atoms with Crippen molar-refractivity contribution in [3.8, 4) is 0 Å². The van der Waals surface area contributed by atoms with Crippen LogP contribution in [0.2, 0.25) is 0 Å². The SMILES string of the molecule is O=c1c2cnc(C3CCCC3)n2nc2n1CCN(c1ccc(F)cc1)C2. The highest BCUT2D eigenvalue weighted by molar-refractivity contribution is 5.48. The van der Waals surface area contributed by atoms with Crippen LogP contribution in [-0.2, 0) is 13.1 Å². The van der Waals surface area contributed by atoms with Crippen molar-refractivity contribution >= 4 is 11.2 Å². The summed E-state index contributed by atoms with van der Waals surface area (Å²) in [7, 11) is 0. The zero-order valence-electron chi connectivity index (χ0n) is 14.4. The van der Waals surface area contributed by atoms with Crippen molar-refractivity contribution in [3.63, 3.8) is 0 Å². The fraction of sp³-hybridized carbons (Fsp3) is 0.421. The first kappa shape index (κ1) is 15.5. The van der Waals surface area contributed by atoms with Gasteiger partial charge in [-0.25, -0.2) is 13.9 Å². The minimum Gasteiger partial charge on any atom is -0.362 e. The van der Waals surface area contributed by atoms with Crippen LogP contribution in [0.5, 0.6) is 0 Å². The Morgan fingerprint density at radius 3 is 2.62 bits per heavy atom. The highest BCUT2D eigenvalue weighted by Gasteiger charge is 2.26. The van der Waals surface area contributed by atoms with E-state index in [2.05, 4.69) is 9.88 Å². The molecular weight excluding hydrogens is 333 g/mol. The van der Waals surface area contributed by atoms with Gasteiger partial charge in [-0.2, -0.15) is 5.10 Å². The summed E-state index contributed by atoms with van der Waals surface area (Å²) >= 11 is 0. The van der Waals surface area contributed by atoms with Gasteiger partial charge in [-0.05, 0) is 37.1 Å². The molecule has 1 saturated carbocycles. The molecule has 2 aliphatic rings. The monoisotopic (exact) mass is 353 g/mol. The molecule has 0 amide bonds. The zero-order chi connectivity index (χ0) is 17.7. The van der Waals surface area contributed by atoms with Crippen LogP contribution < -0.4 is 10.5 Å². The molecule has 6 nitrogen and oxygen atoms in total. The van der Waals surface area contributed by atoms with Crippen molar-refractivity contribution in [2.75, 3.05) is 11.4 Å². The quantitative estimate of drug-likeness (QED) is 0.711. The number of rotatable bonds is 2. The van der Waals surface area contributed by atoms with Crippen LogP contribution in [0.25, 0.3) is 5.52 Å². The average Bonchev–Trinajstić information content (AvgIpc) is 3.31. The summed E-state index contributed by atoms with van der Waals surface area (Å²) < 4.78 is 16.7. The van der Waals surface area contributed by atoms with Gasteiger partial charge in [0.15, 0.2) is 11.3 Å². The summed E-state index contributed by atoms with van der Waals surface area (Å²) in [6.07, 6.45) is 6.31. The van der Waals surface area contributed by atoms with E-state index in [1.165, 1.54) is 25.0 Å². The van der Waals surface area contributed by atoms with Crippen molar-refractivity contribution in [2.45, 2.75) is 44.7 Å². The summed E-state index contributed by atoms with van der Waals surface area (Å²) in [6.45, 7) is 1.79. The van der Waals surface area contributed by atoms with E-state index in [1.54, 1.807) is 27.4 Å². The fourth-order valence-electron chi connectivity index (χ4n) is 4.19. The second-order valence-electron chi connectivity index (χ2n) is 7.17. The highest BCUT2D eigenvalue weighted by atomic mass is 19.1. The Hall–Kier alpha value is -2.70. The molecule has 26 heavy (non-hydrogen) atoms. The Morgan fingerprint density at radius 1 is 1.08 bits per heavy atom. The summed E-state index contributed by atoms with van der Waals surface area (Å²) in [4.78, 5) is 19.5. The first-order valence-electron chi connectivity index (χ1n) is 9.18. The minimum absolute atomic E-state index is 0.0227. The molecule has 1 aliphatic carbocycles. The van der Waals surface area contributed by atoms with Gasteiger partial charge in [0.2, 0.25) is 0 Å². The summed E-state index contributed by atoms with van der Waals surface area (Å²) in [5.41, 5.74) is 1.48. The van der Waals surface area contributed by atoms with Crippen LogP contribution in [0.1, 0.15) is 43.3 Å². The molecular formula is C19H20FN5O. The van der Waals surface area contributed by atoms with Gasteiger partial charge in [-0.3, -0.25) is 9.36 Å². The molecule has 0 N–H and O–H groups in total. The fourth-order valence-corrected chi connectivity index (χ4v) is 4.19. The van der Waals surface area contributed by atoms with Gasteiger partial charge in [-0.1, -0.05) is 12.8 Å². The van der Waals surface area contributed by atoms with Crippen LogP contribution in [-0.4, -0.2) is 25.7 Å². The lowest BCUT2D eigenvalue weighted by molar-refractivity contribution is 0.508. The molecule has 0 bridgehead atoms. The molecule has 0 atom stereocenters. The number of nitrogens with zero attached hydrogens (tertiary/aromatic N) is 5. The Kier molecular flexibility index (Phi) is 3.55. The lowest BCUT2D eigenvalue weighted by Gasteiger charge is -2.30. The highest BCUT2D eigenvalue weighted by Crippen LogP contribution is 2.33. The number of hydrogen-bond acceptors (Lipinski definition) is 4. The third-order valence-electron chi connectivity index (χ3n) is 5.59. The lowest BCUT2D eigenvalue weighted by Crippen LogP contribution is -2.41. The predicted molar refractivity (Wildman–Crippen MR) is 95.9 cm³/mol. The van der Waals surface area contributed by atoms with Crippen LogP contribution in [0.3, 0.4) is 0 Å². The van der Waals surface area contributed by atoms with Crippen molar-refractivity contribution in [1.29, 1.82) is 0 Å². The smallest absolute Gasteiger partial charge is 0.279 e. The van der Waals surface area contributed by atoms with Gasteiger partial charge in [0.05, 0.1) is 12.7 Å². The zero-order valence-corrected chi connectivity index (χ0v) is 14.4. The van der Waals surface area contributed by atoms with E-state index in [9.17, 15) is 9.18 Å². The maximum absolute atomic E-state index is 13.2. The van der Waals surface area contributed by atoms with E-state index in [0.717, 1.165) is 30.2 Å². The Labute approximate surface area is 149 Å². The summed E-state index contributed by atoms with van der Waals surface area (Å²) in [5.74, 6) is 1.79. The number of benzene rings is 1. The normalized spacial score (nSPS) is 17.8. The van der Waals surface area contributed by atoms with Crippen molar-refractivity contribution in [1.82, 2.24) is 19.2 Å². The molecule has 134 valence electrons. The van der Waals surface area contributed by atoms with Crippen molar-refractivity contribution < 1.29 is 4.39 Å². The molecule has 0 saturated heterocycles. The topological polar surface area (TPSA) is 55.4 Å². The van der Waals surface area contributed by atoms with Gasteiger partial charge >= 0.3 is 0 Å². The molecule has 7 heteroatoms. The van der Waals surface area contributed by atoms with Crippen molar-refractivity contribution in [2.24, 2.45) is 0 Å². The second kappa shape index (κ2) is 5.93. The van der Waals surface area contributed by atoms with Crippen LogP contribution >= 0.6 is 0 Å². The number of fused-ring (bicyclic) bond motifs is 2. The molecule has 0 spiro atoms. The first-order chi connectivity index (χ1) is 12.7. The number of aromatic nitrogens is 4. The maximum atomic E-state index is 13.2. The molecule has 0 unspecified atom stereocenters. The summed E-state index contributed by atoms with van der Waals surface area (Å²) in [6, 6.07) is 6.45. The van der Waals surface area contributed by atoms with E-state index in [4.69, 9.17) is 5.10 Å². The average molecular weight is 353 g/mol. The molecule has 0 radical (unpaired) electrons. The molecule has 3 aromatic rings. The Balaban J connectivity index is 1.56. The van der Waals surface area contributed by atoms with Crippen molar-refractivity contribution in [3.05, 3.63) is 58.3 Å². The number of anilines is 1. The largest absolute Gasteiger partial charge is 0.362 e. The molecule has 5 rings (SSSR count). The van der Waals surface area contributed by atoms with Gasteiger partial charge < -0.3 is 4.90 Å². The van der Waals surface area contributed by atoms with Crippen LogP contribution in [0.15, 0.2) is 35.3 Å². The second-order valence-corrected chi connectivity index (χ2v) is 7.17. The van der Waals surface area contributed by atoms with E-state index < -0.39 is 0 Å². The molecule has 1 aliphatic heterocycles. The third-order valence-corrected chi connectivity index (χ3v) is 5.59. The van der Waals surface area contributed by atoms with E-state index >= 15 is 0 Å². The van der Waals surface area contributed by atoms with Gasteiger partial charge in [0.1, 0.15) is 11.6 Å². The standard InChI is InChI=1S/C19H20FN5O/c20-14-5-7-15(8-6-14)23-9-10-24-17(12-23)22-25-16(19(24)26)11-21-18(25)13-3-1-2-4-13/h5-8,11,13H,1-4,9-10,12H2. The van der Waals surface area contributed by atoms with E-state index in [-0.39, 0.29) is 11.4 Å². The van der Waals surface area contributed by atoms with Crippen LogP contribution in [0, 0.1) is 5.82 Å². The number of halogens is 1. The number of imidazole rings is 1. The van der Waals surface area contributed by atoms with Gasteiger partial charge in [-0.15, -0.1) is 0 Å². The van der Waals surface area contributed by atoms with E-state index in [0.29, 0.717) is 31.1 Å². The molecule has 1 fully saturated rings. The predicted octanol–water partition coefficient (Wildman–Crippen LogP) is 2.71. The Bertz CT molecular complexity index is 1020.